The van der Waals surface area contributed by atoms with Crippen LogP contribution in [0.25, 0.3) is 5.57 Å². The van der Waals surface area contributed by atoms with Crippen molar-refractivity contribution in [1.29, 1.82) is 0 Å². The number of halogens is 1. The molecule has 6 heteroatoms. The summed E-state index contributed by atoms with van der Waals surface area (Å²) in [5.74, 6) is -0.0745. The van der Waals surface area contributed by atoms with Gasteiger partial charge in [0.2, 0.25) is 5.96 Å². The van der Waals surface area contributed by atoms with E-state index in [4.69, 9.17) is 4.74 Å². The Morgan fingerprint density at radius 3 is 2.42 bits per heavy atom. The molecule has 4 rings (SSSR count). The normalized spacial score (nSPS) is 15.3. The lowest BCUT2D eigenvalue weighted by molar-refractivity contribution is 0.105. The van der Waals surface area contributed by atoms with Crippen molar-refractivity contribution in [3.63, 3.8) is 0 Å². The summed E-state index contributed by atoms with van der Waals surface area (Å²) >= 11 is 0. The summed E-state index contributed by atoms with van der Waals surface area (Å²) in [5.41, 5.74) is 2.41. The molecule has 1 aliphatic heterocycles. The molecule has 0 saturated carbocycles. The van der Waals surface area contributed by atoms with Crippen LogP contribution >= 0.6 is 0 Å². The molecule has 0 atom stereocenters. The molecule has 0 bridgehead atoms. The number of nitrogens with zero attached hydrogens (tertiary/aromatic N) is 3. The fourth-order valence-corrected chi connectivity index (χ4v) is 3.17. The van der Waals surface area contributed by atoms with Crippen LogP contribution in [0, 0.1) is 5.82 Å². The fraction of sp³-hybridized carbons (Fsp3) is 0.150. The third-order valence-electron chi connectivity index (χ3n) is 4.38. The largest absolute Gasteiger partial charge is 0.496 e. The van der Waals surface area contributed by atoms with Crippen molar-refractivity contribution in [3.05, 3.63) is 70.7 Å². The molecule has 0 saturated heterocycles. The highest BCUT2D eigenvalue weighted by atomic mass is 19.1. The maximum Gasteiger partial charge on any atom is 0.226 e. The smallest absolute Gasteiger partial charge is 0.226 e. The molecule has 5 nitrogen and oxygen atoms in total. The van der Waals surface area contributed by atoms with E-state index in [-0.39, 0.29) is 22.7 Å². The molecule has 1 aliphatic carbocycles. The van der Waals surface area contributed by atoms with E-state index >= 15 is 0 Å². The number of carbonyl (C=O) groups excluding carboxylic acids is 1. The number of hydrogen-bond donors (Lipinski definition) is 0. The van der Waals surface area contributed by atoms with Crippen LogP contribution in [0.3, 0.4) is 0 Å². The number of hydrogen-bond acceptors (Lipinski definition) is 5. The molecule has 26 heavy (non-hydrogen) atoms. The number of rotatable bonds is 2. The molecule has 0 fully saturated rings. The van der Waals surface area contributed by atoms with Gasteiger partial charge in [-0.05, 0) is 12.1 Å². The van der Waals surface area contributed by atoms with Crippen LogP contribution in [0.15, 0.2) is 58.1 Å². The molecule has 2 aromatic carbocycles. The zero-order valence-corrected chi connectivity index (χ0v) is 14.6. The first-order valence-electron chi connectivity index (χ1n) is 8.09. The van der Waals surface area contributed by atoms with Gasteiger partial charge >= 0.3 is 0 Å². The lowest BCUT2D eigenvalue weighted by Crippen LogP contribution is -2.21. The van der Waals surface area contributed by atoms with Gasteiger partial charge in [0, 0.05) is 25.2 Å². The molecular weight excluding hydrogens is 333 g/mol. The number of ether oxygens (including phenoxy) is 1. The molecule has 1 heterocycles. The predicted octanol–water partition coefficient (Wildman–Crippen LogP) is 3.16. The fourth-order valence-electron chi connectivity index (χ4n) is 3.17. The number of ketones is 1. The van der Waals surface area contributed by atoms with Crippen LogP contribution in [0.2, 0.25) is 0 Å². The van der Waals surface area contributed by atoms with Gasteiger partial charge in [-0.3, -0.25) is 4.79 Å². The SMILES string of the molecule is COc1cccc(F)c1C1=C2N=C(N(C)C)N=C2c2ccccc2C1=O. The molecule has 0 unspecified atom stereocenters. The Morgan fingerprint density at radius 1 is 1.00 bits per heavy atom. The van der Waals surface area contributed by atoms with E-state index < -0.39 is 5.82 Å². The summed E-state index contributed by atoms with van der Waals surface area (Å²) in [6, 6.07) is 11.6. The second kappa shape index (κ2) is 5.91. The van der Waals surface area contributed by atoms with Crippen molar-refractivity contribution in [3.8, 4) is 5.75 Å². The quantitative estimate of drug-likeness (QED) is 0.837. The molecule has 2 aromatic rings. The zero-order valence-electron chi connectivity index (χ0n) is 14.6. The molecule has 0 N–H and O–H groups in total. The maximum atomic E-state index is 14.7. The summed E-state index contributed by atoms with van der Waals surface area (Å²) in [6.07, 6.45) is 0. The Labute approximate surface area is 150 Å². The van der Waals surface area contributed by atoms with Crippen LogP contribution in [0.5, 0.6) is 5.75 Å². The maximum absolute atomic E-state index is 14.7. The summed E-state index contributed by atoms with van der Waals surface area (Å²) in [5, 5.41) is 0. The van der Waals surface area contributed by atoms with Gasteiger partial charge in [0.1, 0.15) is 23.0 Å². The number of benzene rings is 2. The first-order valence-corrected chi connectivity index (χ1v) is 8.09. The minimum absolute atomic E-state index is 0.112. The van der Waals surface area contributed by atoms with Crippen molar-refractivity contribution in [2.24, 2.45) is 9.98 Å². The summed E-state index contributed by atoms with van der Waals surface area (Å²) in [4.78, 5) is 24.1. The van der Waals surface area contributed by atoms with E-state index in [1.807, 2.05) is 26.2 Å². The van der Waals surface area contributed by atoms with Crippen molar-refractivity contribution in [1.82, 2.24) is 4.90 Å². The van der Waals surface area contributed by atoms with Gasteiger partial charge in [-0.2, -0.15) is 0 Å². The molecule has 0 radical (unpaired) electrons. The Hall–Kier alpha value is -3.28. The number of fused-ring (bicyclic) bond motifs is 3. The van der Waals surface area contributed by atoms with Crippen LogP contribution in [-0.4, -0.2) is 43.6 Å². The Morgan fingerprint density at radius 2 is 1.73 bits per heavy atom. The topological polar surface area (TPSA) is 54.3 Å². The molecule has 0 aromatic heterocycles. The van der Waals surface area contributed by atoms with E-state index in [1.165, 1.54) is 13.2 Å². The first-order chi connectivity index (χ1) is 12.5. The second-order valence-corrected chi connectivity index (χ2v) is 6.18. The summed E-state index contributed by atoms with van der Waals surface area (Å²) < 4.78 is 20.0. The number of allylic oxidation sites excluding steroid dienone is 2. The summed E-state index contributed by atoms with van der Waals surface area (Å²) in [6.45, 7) is 0. The Balaban J connectivity index is 2.07. The monoisotopic (exact) mass is 349 g/mol. The van der Waals surface area contributed by atoms with Crippen LogP contribution in [-0.2, 0) is 0 Å². The van der Waals surface area contributed by atoms with Gasteiger partial charge in [-0.15, -0.1) is 0 Å². The van der Waals surface area contributed by atoms with E-state index in [0.717, 1.165) is 0 Å². The number of Topliss-reactive ketones (excluding diaryl/α,β-unsaturated/α-hetero) is 1. The number of methoxy groups -OCH3 is 1. The lowest BCUT2D eigenvalue weighted by atomic mass is 9.83. The molecule has 130 valence electrons. The highest BCUT2D eigenvalue weighted by Gasteiger charge is 2.37. The second-order valence-electron chi connectivity index (χ2n) is 6.18. The standard InChI is InChI=1S/C20H16FN3O2/c1-24(2)20-22-17-11-7-4-5-8-12(11)19(25)16(18(17)23-20)15-13(21)9-6-10-14(15)26-3/h4-10H,1-3H3. The van der Waals surface area contributed by atoms with E-state index in [2.05, 4.69) is 9.98 Å². The van der Waals surface area contributed by atoms with Gasteiger partial charge in [0.25, 0.3) is 0 Å². The zero-order chi connectivity index (χ0) is 18.4. The Bertz CT molecular complexity index is 1040. The van der Waals surface area contributed by atoms with Crippen LogP contribution in [0.4, 0.5) is 4.39 Å². The summed E-state index contributed by atoms with van der Waals surface area (Å²) in [7, 11) is 5.08. The minimum atomic E-state index is -0.535. The van der Waals surface area contributed by atoms with Gasteiger partial charge < -0.3 is 9.64 Å². The highest BCUT2D eigenvalue weighted by Crippen LogP contribution is 2.40. The van der Waals surface area contributed by atoms with E-state index in [0.29, 0.717) is 28.5 Å². The van der Waals surface area contributed by atoms with Crippen molar-refractivity contribution < 1.29 is 13.9 Å². The van der Waals surface area contributed by atoms with Crippen LogP contribution in [0.1, 0.15) is 21.5 Å². The molecule has 2 aliphatic rings. The molecule has 0 spiro atoms. The van der Waals surface area contributed by atoms with Gasteiger partial charge in [-0.1, -0.05) is 30.3 Å². The average Bonchev–Trinajstić information content (AvgIpc) is 3.08. The van der Waals surface area contributed by atoms with Crippen molar-refractivity contribution in [2.75, 3.05) is 21.2 Å². The average molecular weight is 349 g/mol. The Kier molecular flexibility index (Phi) is 3.68. The van der Waals surface area contributed by atoms with Crippen LogP contribution < -0.4 is 4.74 Å². The molecular formula is C20H16FN3O2. The van der Waals surface area contributed by atoms with Crippen molar-refractivity contribution >= 4 is 23.0 Å². The number of carbonyl (C=O) groups is 1. The predicted molar refractivity (Wildman–Crippen MR) is 98.3 cm³/mol. The number of guanidine groups is 1. The molecule has 0 amide bonds. The minimum Gasteiger partial charge on any atom is -0.496 e. The first kappa shape index (κ1) is 16.2. The highest BCUT2D eigenvalue weighted by molar-refractivity contribution is 6.43. The number of aliphatic imine (C=N–C) groups is 2. The lowest BCUT2D eigenvalue weighted by Gasteiger charge is -2.20. The van der Waals surface area contributed by atoms with E-state index in [1.54, 1.807) is 29.2 Å². The third kappa shape index (κ3) is 2.26. The third-order valence-corrected chi connectivity index (χ3v) is 4.38. The van der Waals surface area contributed by atoms with Gasteiger partial charge in [-0.25, -0.2) is 14.4 Å². The van der Waals surface area contributed by atoms with E-state index in [9.17, 15) is 9.18 Å². The van der Waals surface area contributed by atoms with Crippen molar-refractivity contribution in [2.45, 2.75) is 0 Å². The van der Waals surface area contributed by atoms with Gasteiger partial charge in [0.15, 0.2) is 5.78 Å². The van der Waals surface area contributed by atoms with Gasteiger partial charge in [0.05, 0.1) is 18.2 Å².